The number of ketones is 1. The highest BCUT2D eigenvalue weighted by Crippen LogP contribution is 2.63. The Hall–Kier alpha value is -3.78. The summed E-state index contributed by atoms with van der Waals surface area (Å²) in [6.45, 7) is 10.4. The van der Waals surface area contributed by atoms with Crippen LogP contribution in [0.5, 0.6) is 5.75 Å². The van der Waals surface area contributed by atoms with Crippen LogP contribution in [0, 0.1) is 29.1 Å². The first-order chi connectivity index (χ1) is 24.4. The molecule has 4 aliphatic rings. The van der Waals surface area contributed by atoms with Gasteiger partial charge in [-0.3, -0.25) is 4.79 Å². The predicted molar refractivity (Wildman–Crippen MR) is 197 cm³/mol. The molecule has 0 saturated heterocycles. The number of rotatable bonds is 7. The van der Waals surface area contributed by atoms with Crippen LogP contribution in [0.25, 0.3) is 0 Å². The number of benzene rings is 1. The zero-order valence-electron chi connectivity index (χ0n) is 30.3. The first kappa shape index (κ1) is 38.5. The summed E-state index contributed by atoms with van der Waals surface area (Å²) in [5.41, 5.74) is 9.72. The molecule has 51 heavy (non-hydrogen) atoms. The quantitative estimate of drug-likeness (QED) is 0.131. The highest BCUT2D eigenvalue weighted by atomic mass is 16.6. The fraction of sp³-hybridized carbons (Fsp3) is 0.524. The maximum Gasteiger partial charge on any atom is 0.414 e. The number of nitrogens with one attached hydrogen (secondary N) is 1. The van der Waals surface area contributed by atoms with E-state index in [2.05, 4.69) is 36.7 Å². The summed E-state index contributed by atoms with van der Waals surface area (Å²) in [5.74, 6) is 5.82. The van der Waals surface area contributed by atoms with Crippen LogP contribution in [0.3, 0.4) is 0 Å². The third kappa shape index (κ3) is 8.32. The van der Waals surface area contributed by atoms with Gasteiger partial charge in [0.05, 0.1) is 18.3 Å². The zero-order valence-corrected chi connectivity index (χ0v) is 30.3. The van der Waals surface area contributed by atoms with Crippen molar-refractivity contribution >= 4 is 11.9 Å². The van der Waals surface area contributed by atoms with Crippen molar-refractivity contribution in [2.45, 2.75) is 103 Å². The predicted octanol–water partition coefficient (Wildman–Crippen LogP) is 6.05. The summed E-state index contributed by atoms with van der Waals surface area (Å²) in [5, 5.41) is 37.3. The fourth-order valence-corrected chi connectivity index (χ4v) is 8.71. The molecule has 2 aliphatic heterocycles. The number of fused-ring (bicyclic) bond motifs is 1. The third-order valence-electron chi connectivity index (χ3n) is 11.5. The normalized spacial score (nSPS) is 33.9. The van der Waals surface area contributed by atoms with Gasteiger partial charge in [0.25, 0.3) is 0 Å². The molecule has 1 aromatic rings. The number of para-hydroxylation sites is 1. The lowest BCUT2D eigenvalue weighted by Crippen LogP contribution is -2.59. The molecule has 2 aliphatic carbocycles. The number of amides is 1. The molecule has 6 atom stereocenters. The summed E-state index contributed by atoms with van der Waals surface area (Å²) in [6.07, 6.45) is 11.3. The SMILES string of the molecule is C=C1/C=C/C=C(\[C@H]2CC[C@@]3([C@H](CCCO)/C(=C(\C)C(=O)Cc4cccc5c4OC(=O)N[C@H]5N)CC[C@@]3(C)O)[C@@H]2O)COCC#CC/C(C)=C/CC1. The van der Waals surface area contributed by atoms with Gasteiger partial charge < -0.3 is 35.8 Å². The Labute approximate surface area is 302 Å². The van der Waals surface area contributed by atoms with Crippen LogP contribution in [0.15, 0.2) is 76.9 Å². The van der Waals surface area contributed by atoms with E-state index in [9.17, 15) is 24.9 Å². The van der Waals surface area contributed by atoms with E-state index in [-0.39, 0.29) is 43.9 Å². The topological polar surface area (TPSA) is 151 Å². The second-order valence-corrected chi connectivity index (χ2v) is 14.8. The first-order valence-electron chi connectivity index (χ1n) is 18.2. The number of allylic oxidation sites excluding steroid dienone is 8. The number of Topliss-reactive ketones (excluding diaryl/α,β-unsaturated/α-hetero) is 1. The van der Waals surface area contributed by atoms with Crippen LogP contribution in [0.4, 0.5) is 4.79 Å². The molecule has 6 N–H and O–H groups in total. The van der Waals surface area contributed by atoms with Gasteiger partial charge in [0.1, 0.15) is 18.5 Å². The van der Waals surface area contributed by atoms with Crippen molar-refractivity contribution in [3.63, 3.8) is 0 Å². The molecule has 2 saturated carbocycles. The van der Waals surface area contributed by atoms with Gasteiger partial charge >= 0.3 is 6.09 Å². The Balaban J connectivity index is 1.47. The lowest BCUT2D eigenvalue weighted by atomic mass is 9.52. The van der Waals surface area contributed by atoms with E-state index in [1.54, 1.807) is 18.2 Å². The lowest BCUT2D eigenvalue weighted by molar-refractivity contribution is -0.167. The minimum Gasteiger partial charge on any atom is -0.410 e. The summed E-state index contributed by atoms with van der Waals surface area (Å²) >= 11 is 0. The molecule has 0 aromatic heterocycles. The van der Waals surface area contributed by atoms with Gasteiger partial charge in [0, 0.05) is 41.9 Å². The van der Waals surface area contributed by atoms with Gasteiger partial charge in [-0.15, -0.1) is 0 Å². The summed E-state index contributed by atoms with van der Waals surface area (Å²) < 4.78 is 11.5. The van der Waals surface area contributed by atoms with Crippen molar-refractivity contribution < 1.29 is 34.4 Å². The zero-order chi connectivity index (χ0) is 36.8. The minimum atomic E-state index is -1.23. The van der Waals surface area contributed by atoms with E-state index in [0.717, 1.165) is 29.6 Å². The monoisotopic (exact) mass is 698 g/mol. The molecule has 1 aromatic carbocycles. The van der Waals surface area contributed by atoms with Gasteiger partial charge in [0.15, 0.2) is 5.78 Å². The molecule has 1 spiro atoms. The molecule has 2 heterocycles. The van der Waals surface area contributed by atoms with E-state index in [1.807, 2.05) is 32.1 Å². The van der Waals surface area contributed by atoms with Crippen molar-refractivity contribution in [3.05, 3.63) is 88.1 Å². The largest absolute Gasteiger partial charge is 0.414 e. The minimum absolute atomic E-state index is 0.000172. The molecule has 0 unspecified atom stereocenters. The fourth-order valence-electron chi connectivity index (χ4n) is 8.71. The van der Waals surface area contributed by atoms with Crippen molar-refractivity contribution in [2.75, 3.05) is 19.8 Å². The number of aliphatic hydroxyl groups excluding tert-OH is 2. The molecular formula is C42H54N2O7. The number of nitrogens with two attached hydrogens (primary N) is 1. The Morgan fingerprint density at radius 1 is 1.22 bits per heavy atom. The van der Waals surface area contributed by atoms with Crippen molar-refractivity contribution in [3.8, 4) is 17.6 Å². The third-order valence-corrected chi connectivity index (χ3v) is 11.5. The molecular weight excluding hydrogens is 644 g/mol. The molecule has 274 valence electrons. The molecule has 1 amide bonds. The summed E-state index contributed by atoms with van der Waals surface area (Å²) in [4.78, 5) is 26.2. The Morgan fingerprint density at radius 2 is 2.02 bits per heavy atom. The molecule has 9 heteroatoms. The molecule has 9 nitrogen and oxygen atoms in total. The Bertz CT molecular complexity index is 1690. The van der Waals surface area contributed by atoms with E-state index < -0.39 is 29.4 Å². The van der Waals surface area contributed by atoms with Crippen molar-refractivity contribution in [2.24, 2.45) is 23.0 Å². The van der Waals surface area contributed by atoms with Crippen LogP contribution in [-0.4, -0.2) is 58.7 Å². The van der Waals surface area contributed by atoms with E-state index in [1.165, 1.54) is 5.57 Å². The van der Waals surface area contributed by atoms with Crippen LogP contribution in [0.2, 0.25) is 0 Å². The van der Waals surface area contributed by atoms with Crippen molar-refractivity contribution in [1.82, 2.24) is 5.32 Å². The van der Waals surface area contributed by atoms with Gasteiger partial charge in [-0.05, 0) is 89.2 Å². The van der Waals surface area contributed by atoms with Crippen LogP contribution in [0.1, 0.15) is 95.9 Å². The number of carbonyl (C=O) groups excluding carboxylic acids is 2. The summed E-state index contributed by atoms with van der Waals surface area (Å²) in [7, 11) is 0. The van der Waals surface area contributed by atoms with Gasteiger partial charge in [0.2, 0.25) is 0 Å². The van der Waals surface area contributed by atoms with Gasteiger partial charge in [-0.2, -0.15) is 0 Å². The van der Waals surface area contributed by atoms with Crippen LogP contribution >= 0.6 is 0 Å². The van der Waals surface area contributed by atoms with E-state index in [0.29, 0.717) is 67.4 Å². The number of ether oxygens (including phenoxy) is 2. The second-order valence-electron chi connectivity index (χ2n) is 14.8. The highest BCUT2D eigenvalue weighted by molar-refractivity contribution is 5.97. The number of hydrogen-bond donors (Lipinski definition) is 5. The summed E-state index contributed by atoms with van der Waals surface area (Å²) in [6, 6.07) is 5.31. The average Bonchev–Trinajstić information content (AvgIpc) is 3.43. The van der Waals surface area contributed by atoms with E-state index in [4.69, 9.17) is 15.2 Å². The smallest absolute Gasteiger partial charge is 0.410 e. The van der Waals surface area contributed by atoms with Gasteiger partial charge in [-0.1, -0.05) is 77.6 Å². The highest BCUT2D eigenvalue weighted by Gasteiger charge is 2.64. The lowest BCUT2D eigenvalue weighted by Gasteiger charge is -2.55. The number of aliphatic hydroxyl groups is 3. The molecule has 0 radical (unpaired) electrons. The van der Waals surface area contributed by atoms with Crippen LogP contribution < -0.4 is 15.8 Å². The van der Waals surface area contributed by atoms with Gasteiger partial charge in [-0.25, -0.2) is 4.79 Å². The average molecular weight is 699 g/mol. The standard InChI is InChI=1S/C42H54N2O7/c1-27-11-5-6-24-50-26-31(16-8-14-28(2)13-7-12-27)33-20-22-42(38(33)47)35(18-10-23-45)32(19-21-41(42,4)49)29(3)36(46)25-30-15-9-17-34-37(30)51-40(48)44-39(34)43/h8-9,12,14-17,33,35,38-39,45,47,49H,2,7,10-11,13,18-26,43H2,1,3-4H3,(H,44,48)/b14-8+,27-12+,31-16-,32-29+/t33-,35-,38-,39-,41-,42-/m1/s1. The Morgan fingerprint density at radius 3 is 2.80 bits per heavy atom. The van der Waals surface area contributed by atoms with E-state index >= 15 is 0 Å². The molecule has 5 rings (SSSR count). The number of carbonyl (C=O) groups is 2. The maximum absolute atomic E-state index is 14.1. The Kier molecular flexibility index (Phi) is 12.6. The number of hydrogen-bond acceptors (Lipinski definition) is 8. The maximum atomic E-state index is 14.1. The first-order valence-corrected chi connectivity index (χ1v) is 18.2. The van der Waals surface area contributed by atoms with Crippen LogP contribution in [-0.2, 0) is 16.0 Å². The molecule has 0 bridgehead atoms. The second kappa shape index (κ2) is 16.7. The molecule has 2 fully saturated rings. The van der Waals surface area contributed by atoms with Crippen molar-refractivity contribution in [1.29, 1.82) is 0 Å².